The molecule has 1 aromatic carbocycles. The molecule has 0 aliphatic carbocycles. The fraction of sp³-hybridized carbons (Fsp3) is 0.647. The van der Waals surface area contributed by atoms with Gasteiger partial charge in [-0.15, -0.1) is 0 Å². The monoisotopic (exact) mass is 291 g/mol. The Balaban J connectivity index is 1.99. The lowest BCUT2D eigenvalue weighted by Crippen LogP contribution is -2.59. The predicted octanol–water partition coefficient (Wildman–Crippen LogP) is 2.75. The van der Waals surface area contributed by atoms with Crippen LogP contribution >= 0.6 is 0 Å². The topological polar surface area (TPSA) is 41.9 Å². The molecule has 0 radical (unpaired) electrons. The van der Waals surface area contributed by atoms with Gasteiger partial charge in [0.1, 0.15) is 11.7 Å². The molecule has 4 nitrogen and oxygen atoms in total. The van der Waals surface area contributed by atoms with Crippen molar-refractivity contribution in [3.05, 3.63) is 23.8 Å². The van der Waals surface area contributed by atoms with Gasteiger partial charge in [0.05, 0.1) is 13.2 Å². The highest BCUT2D eigenvalue weighted by molar-refractivity contribution is 5.50. The first-order valence-electron chi connectivity index (χ1n) is 7.82. The first-order chi connectivity index (χ1) is 10.0. The number of rotatable bonds is 2. The van der Waals surface area contributed by atoms with E-state index >= 15 is 0 Å². The van der Waals surface area contributed by atoms with Crippen LogP contribution in [0.1, 0.15) is 44.8 Å². The number of methoxy groups -OCH3 is 1. The summed E-state index contributed by atoms with van der Waals surface area (Å²) in [5.74, 6) is 1.38. The van der Waals surface area contributed by atoms with Gasteiger partial charge in [0.2, 0.25) is 0 Å². The molecule has 2 aliphatic rings. The Morgan fingerprint density at radius 1 is 1.24 bits per heavy atom. The van der Waals surface area contributed by atoms with Gasteiger partial charge in [-0.3, -0.25) is 4.90 Å². The summed E-state index contributed by atoms with van der Waals surface area (Å²) in [5, 5.41) is 11.0. The molecular weight excluding hydrogens is 266 g/mol. The smallest absolute Gasteiger partial charge is 0.167 e. The fourth-order valence-electron chi connectivity index (χ4n) is 3.75. The molecule has 0 saturated carbocycles. The van der Waals surface area contributed by atoms with Crippen molar-refractivity contribution in [2.24, 2.45) is 0 Å². The van der Waals surface area contributed by atoms with Crippen molar-refractivity contribution in [1.29, 1.82) is 0 Å². The number of para-hydroxylation sites is 1. The number of aliphatic hydroxyl groups is 1. The Labute approximate surface area is 126 Å². The SMILES string of the molecule is COc1cccc2c1OC(C)(C)C(N1CCCCC1)C2O. The highest BCUT2D eigenvalue weighted by Crippen LogP contribution is 2.46. The second-order valence-corrected chi connectivity index (χ2v) is 6.57. The minimum absolute atomic E-state index is 0.0163. The zero-order chi connectivity index (χ0) is 15.0. The van der Waals surface area contributed by atoms with Crippen LogP contribution in [-0.4, -0.2) is 41.8 Å². The Morgan fingerprint density at radius 3 is 2.62 bits per heavy atom. The van der Waals surface area contributed by atoms with Gasteiger partial charge >= 0.3 is 0 Å². The molecule has 116 valence electrons. The van der Waals surface area contributed by atoms with Crippen LogP contribution in [0.4, 0.5) is 0 Å². The average Bonchev–Trinajstić information content (AvgIpc) is 2.47. The molecule has 2 atom stereocenters. The molecule has 1 fully saturated rings. The quantitative estimate of drug-likeness (QED) is 0.910. The maximum atomic E-state index is 11.0. The second-order valence-electron chi connectivity index (χ2n) is 6.57. The number of nitrogens with zero attached hydrogens (tertiary/aromatic N) is 1. The molecule has 0 aromatic heterocycles. The summed E-state index contributed by atoms with van der Waals surface area (Å²) >= 11 is 0. The number of hydrogen-bond acceptors (Lipinski definition) is 4. The van der Waals surface area contributed by atoms with Crippen LogP contribution in [0.15, 0.2) is 18.2 Å². The third-order valence-corrected chi connectivity index (χ3v) is 4.71. The summed E-state index contributed by atoms with van der Waals surface area (Å²) in [7, 11) is 1.63. The van der Waals surface area contributed by atoms with Crippen molar-refractivity contribution in [2.45, 2.75) is 50.9 Å². The zero-order valence-corrected chi connectivity index (χ0v) is 13.1. The van der Waals surface area contributed by atoms with Gasteiger partial charge < -0.3 is 14.6 Å². The van der Waals surface area contributed by atoms with Gasteiger partial charge in [0.25, 0.3) is 0 Å². The van der Waals surface area contributed by atoms with E-state index in [9.17, 15) is 5.11 Å². The molecule has 21 heavy (non-hydrogen) atoms. The van der Waals surface area contributed by atoms with E-state index in [0.29, 0.717) is 11.5 Å². The van der Waals surface area contributed by atoms with Gasteiger partial charge in [0.15, 0.2) is 11.5 Å². The van der Waals surface area contributed by atoms with Crippen molar-refractivity contribution in [2.75, 3.05) is 20.2 Å². The number of fused-ring (bicyclic) bond motifs is 1. The van der Waals surface area contributed by atoms with Gasteiger partial charge in [-0.05, 0) is 45.8 Å². The number of benzene rings is 1. The Bertz CT molecular complexity index is 509. The third-order valence-electron chi connectivity index (χ3n) is 4.71. The van der Waals surface area contributed by atoms with Crippen LogP contribution in [-0.2, 0) is 0 Å². The molecule has 1 aromatic rings. The summed E-state index contributed by atoms with van der Waals surface area (Å²) in [6, 6.07) is 5.71. The summed E-state index contributed by atoms with van der Waals surface area (Å²) in [4.78, 5) is 2.39. The van der Waals surface area contributed by atoms with Gasteiger partial charge in [0, 0.05) is 5.56 Å². The molecule has 2 unspecified atom stereocenters. The average molecular weight is 291 g/mol. The molecule has 2 aliphatic heterocycles. The molecule has 4 heteroatoms. The molecular formula is C17H25NO3. The molecule has 2 heterocycles. The third kappa shape index (κ3) is 2.51. The van der Waals surface area contributed by atoms with Crippen LogP contribution in [0.25, 0.3) is 0 Å². The van der Waals surface area contributed by atoms with Gasteiger partial charge in [-0.25, -0.2) is 0 Å². The Kier molecular flexibility index (Phi) is 3.84. The van der Waals surface area contributed by atoms with E-state index in [1.165, 1.54) is 19.3 Å². The van der Waals surface area contributed by atoms with Crippen molar-refractivity contribution >= 4 is 0 Å². The largest absolute Gasteiger partial charge is 0.493 e. The van der Waals surface area contributed by atoms with E-state index in [2.05, 4.69) is 18.7 Å². The lowest BCUT2D eigenvalue weighted by Gasteiger charge is -2.49. The van der Waals surface area contributed by atoms with Gasteiger partial charge in [-0.2, -0.15) is 0 Å². The van der Waals surface area contributed by atoms with E-state index in [0.717, 1.165) is 18.7 Å². The van der Waals surface area contributed by atoms with E-state index < -0.39 is 11.7 Å². The molecule has 0 bridgehead atoms. The number of likely N-dealkylation sites (tertiary alicyclic amines) is 1. The first kappa shape index (κ1) is 14.7. The lowest BCUT2D eigenvalue weighted by molar-refractivity contribution is -0.0882. The van der Waals surface area contributed by atoms with Crippen molar-refractivity contribution in [1.82, 2.24) is 4.90 Å². The van der Waals surface area contributed by atoms with Crippen LogP contribution < -0.4 is 9.47 Å². The maximum Gasteiger partial charge on any atom is 0.167 e. The first-order valence-corrected chi connectivity index (χ1v) is 7.82. The van der Waals surface area contributed by atoms with Crippen LogP contribution in [0, 0.1) is 0 Å². The normalized spacial score (nSPS) is 28.6. The summed E-state index contributed by atoms with van der Waals surface area (Å²) < 4.78 is 11.6. The van der Waals surface area contributed by atoms with Crippen LogP contribution in [0.3, 0.4) is 0 Å². The highest BCUT2D eigenvalue weighted by Gasteiger charge is 2.47. The van der Waals surface area contributed by atoms with E-state index in [1.807, 2.05) is 18.2 Å². The Morgan fingerprint density at radius 2 is 1.95 bits per heavy atom. The molecule has 3 rings (SSSR count). The Hall–Kier alpha value is -1.26. The van der Waals surface area contributed by atoms with Crippen molar-refractivity contribution in [3.63, 3.8) is 0 Å². The van der Waals surface area contributed by atoms with E-state index in [1.54, 1.807) is 7.11 Å². The van der Waals surface area contributed by atoms with Gasteiger partial charge in [-0.1, -0.05) is 18.6 Å². The van der Waals surface area contributed by atoms with Crippen LogP contribution in [0.5, 0.6) is 11.5 Å². The number of piperidine rings is 1. The molecule has 0 amide bonds. The van der Waals surface area contributed by atoms with E-state index in [-0.39, 0.29) is 6.04 Å². The number of ether oxygens (including phenoxy) is 2. The van der Waals surface area contributed by atoms with Crippen molar-refractivity contribution in [3.8, 4) is 11.5 Å². The number of aliphatic hydroxyl groups excluding tert-OH is 1. The lowest BCUT2D eigenvalue weighted by atomic mass is 9.84. The molecule has 1 N–H and O–H groups in total. The van der Waals surface area contributed by atoms with E-state index in [4.69, 9.17) is 9.47 Å². The predicted molar refractivity (Wildman–Crippen MR) is 81.9 cm³/mol. The minimum atomic E-state index is -0.544. The van der Waals surface area contributed by atoms with Crippen LogP contribution in [0.2, 0.25) is 0 Å². The zero-order valence-electron chi connectivity index (χ0n) is 13.1. The second kappa shape index (κ2) is 5.50. The fourth-order valence-corrected chi connectivity index (χ4v) is 3.75. The maximum absolute atomic E-state index is 11.0. The summed E-state index contributed by atoms with van der Waals surface area (Å²) in [6.07, 6.45) is 3.14. The molecule has 1 saturated heterocycles. The standard InChI is InChI=1S/C17H25NO3/c1-17(2)16(18-10-5-4-6-11-18)14(19)12-8-7-9-13(20-3)15(12)21-17/h7-9,14,16,19H,4-6,10-11H2,1-3H3. The number of hydrogen-bond donors (Lipinski definition) is 1. The van der Waals surface area contributed by atoms with Crippen molar-refractivity contribution < 1.29 is 14.6 Å². The molecule has 0 spiro atoms. The summed E-state index contributed by atoms with van der Waals surface area (Å²) in [6.45, 7) is 6.19. The minimum Gasteiger partial charge on any atom is -0.493 e. The highest BCUT2D eigenvalue weighted by atomic mass is 16.5. The summed E-state index contributed by atoms with van der Waals surface area (Å²) in [5.41, 5.74) is 0.391.